The molecule has 0 aliphatic rings. The molecule has 0 atom stereocenters. The Kier molecular flexibility index (Phi) is 2.77. The van der Waals surface area contributed by atoms with Crippen molar-refractivity contribution in [1.29, 1.82) is 0 Å². The number of hydrogen-bond donors (Lipinski definition) is 1. The first-order valence-corrected chi connectivity index (χ1v) is 5.42. The van der Waals surface area contributed by atoms with Crippen LogP contribution in [0.4, 0.5) is 5.82 Å². The lowest BCUT2D eigenvalue weighted by Crippen LogP contribution is -2.08. The van der Waals surface area contributed by atoms with Crippen LogP contribution in [-0.4, -0.2) is 19.6 Å². The summed E-state index contributed by atoms with van der Waals surface area (Å²) in [4.78, 5) is 0. The fourth-order valence-corrected chi connectivity index (χ4v) is 1.64. The monoisotopic (exact) mass is 269 g/mol. The lowest BCUT2D eigenvalue weighted by atomic mass is 10.4. The molecule has 2 N–H and O–H groups in total. The molecule has 0 saturated carbocycles. The lowest BCUT2D eigenvalue weighted by molar-refractivity contribution is 0.501. The van der Waals surface area contributed by atoms with Crippen LogP contribution in [0.2, 0.25) is 0 Å². The van der Waals surface area contributed by atoms with Crippen LogP contribution in [0, 0.1) is 6.92 Å². The molecule has 2 aromatic rings. The zero-order chi connectivity index (χ0) is 10.8. The Morgan fingerprint density at radius 2 is 2.07 bits per heavy atom. The largest absolute Gasteiger partial charge is 0.382 e. The van der Waals surface area contributed by atoms with Crippen molar-refractivity contribution in [2.45, 2.75) is 20.0 Å². The summed E-state index contributed by atoms with van der Waals surface area (Å²) in [6, 6.07) is 0. The standard InChI is InChI=1S/C9H12BrN5/c1-7-5-15(13-9(7)11)3-2-14-6-8(10)4-12-14/h4-6H,2-3H2,1H3,(H2,11,13). The van der Waals surface area contributed by atoms with Crippen molar-refractivity contribution in [3.05, 3.63) is 28.6 Å². The van der Waals surface area contributed by atoms with Crippen LogP contribution in [-0.2, 0) is 13.1 Å². The number of nitrogen functional groups attached to an aromatic ring is 1. The fraction of sp³-hybridized carbons (Fsp3) is 0.333. The van der Waals surface area contributed by atoms with Gasteiger partial charge in [0.25, 0.3) is 0 Å². The number of anilines is 1. The van der Waals surface area contributed by atoms with Crippen molar-refractivity contribution in [3.63, 3.8) is 0 Å². The van der Waals surface area contributed by atoms with Crippen molar-refractivity contribution in [2.24, 2.45) is 0 Å². The molecule has 0 spiro atoms. The highest BCUT2D eigenvalue weighted by atomic mass is 79.9. The number of nitrogens with two attached hydrogens (primary N) is 1. The van der Waals surface area contributed by atoms with Crippen LogP contribution in [0.5, 0.6) is 0 Å². The average Bonchev–Trinajstić information content (AvgIpc) is 2.72. The van der Waals surface area contributed by atoms with Crippen LogP contribution in [0.15, 0.2) is 23.1 Å². The highest BCUT2D eigenvalue weighted by molar-refractivity contribution is 9.10. The SMILES string of the molecule is Cc1cn(CCn2cc(Br)cn2)nc1N. The van der Waals surface area contributed by atoms with E-state index in [1.807, 2.05) is 28.7 Å². The van der Waals surface area contributed by atoms with Crippen LogP contribution in [0.1, 0.15) is 5.56 Å². The maximum Gasteiger partial charge on any atom is 0.148 e. The molecular weight excluding hydrogens is 258 g/mol. The Labute approximate surface area is 96.0 Å². The summed E-state index contributed by atoms with van der Waals surface area (Å²) in [5.74, 6) is 0.594. The highest BCUT2D eigenvalue weighted by Crippen LogP contribution is 2.08. The summed E-state index contributed by atoms with van der Waals surface area (Å²) in [7, 11) is 0. The molecule has 0 saturated heterocycles. The topological polar surface area (TPSA) is 61.7 Å². The number of aromatic nitrogens is 4. The van der Waals surface area contributed by atoms with Gasteiger partial charge in [-0.15, -0.1) is 0 Å². The van der Waals surface area contributed by atoms with Gasteiger partial charge in [0.15, 0.2) is 0 Å². The zero-order valence-corrected chi connectivity index (χ0v) is 9.98. The van der Waals surface area contributed by atoms with Crippen molar-refractivity contribution in [2.75, 3.05) is 5.73 Å². The van der Waals surface area contributed by atoms with Crippen LogP contribution in [0.25, 0.3) is 0 Å². The molecule has 0 radical (unpaired) electrons. The van der Waals surface area contributed by atoms with Crippen molar-refractivity contribution in [3.8, 4) is 0 Å². The van der Waals surface area contributed by atoms with Gasteiger partial charge in [0, 0.05) is 18.0 Å². The van der Waals surface area contributed by atoms with E-state index in [1.165, 1.54) is 0 Å². The van der Waals surface area contributed by atoms with E-state index in [9.17, 15) is 0 Å². The first-order valence-electron chi connectivity index (χ1n) is 4.62. The minimum absolute atomic E-state index is 0.594. The number of nitrogens with zero attached hydrogens (tertiary/aromatic N) is 4. The van der Waals surface area contributed by atoms with Crippen LogP contribution in [0.3, 0.4) is 0 Å². The maximum atomic E-state index is 5.65. The molecule has 0 fully saturated rings. The minimum atomic E-state index is 0.594. The molecule has 5 nitrogen and oxygen atoms in total. The minimum Gasteiger partial charge on any atom is -0.382 e. The third-order valence-electron chi connectivity index (χ3n) is 2.14. The molecule has 2 heterocycles. The second kappa shape index (κ2) is 4.06. The van der Waals surface area contributed by atoms with Gasteiger partial charge in [-0.2, -0.15) is 10.2 Å². The predicted molar refractivity (Wildman–Crippen MR) is 61.3 cm³/mol. The molecular formula is C9H12BrN5. The Morgan fingerprint density at radius 1 is 1.33 bits per heavy atom. The van der Waals surface area contributed by atoms with E-state index in [-0.39, 0.29) is 0 Å². The summed E-state index contributed by atoms with van der Waals surface area (Å²) < 4.78 is 4.68. The molecule has 2 rings (SSSR count). The molecule has 15 heavy (non-hydrogen) atoms. The zero-order valence-electron chi connectivity index (χ0n) is 8.39. The molecule has 0 amide bonds. The van der Waals surface area contributed by atoms with Gasteiger partial charge in [-0.1, -0.05) is 0 Å². The Hall–Kier alpha value is -1.30. The first kappa shape index (κ1) is 10.2. The van der Waals surface area contributed by atoms with Gasteiger partial charge in [0.05, 0.1) is 23.8 Å². The number of aryl methyl sites for hydroxylation is 3. The molecule has 0 aliphatic carbocycles. The summed E-state index contributed by atoms with van der Waals surface area (Å²) in [5, 5.41) is 8.33. The average molecular weight is 270 g/mol. The van der Waals surface area contributed by atoms with Gasteiger partial charge in [0.1, 0.15) is 5.82 Å². The highest BCUT2D eigenvalue weighted by Gasteiger charge is 2.01. The number of halogens is 1. The summed E-state index contributed by atoms with van der Waals surface area (Å²) in [5.41, 5.74) is 6.66. The second-order valence-corrected chi connectivity index (χ2v) is 4.30. The molecule has 2 aromatic heterocycles. The van der Waals surface area contributed by atoms with Gasteiger partial charge in [-0.25, -0.2) is 0 Å². The molecule has 0 aromatic carbocycles. The Bertz CT molecular complexity index is 439. The summed E-state index contributed by atoms with van der Waals surface area (Å²) >= 11 is 3.35. The van der Waals surface area contributed by atoms with Crippen LogP contribution < -0.4 is 5.73 Å². The van der Waals surface area contributed by atoms with E-state index < -0.39 is 0 Å². The Balaban J connectivity index is 1.99. The van der Waals surface area contributed by atoms with Crippen molar-refractivity contribution >= 4 is 21.7 Å². The predicted octanol–water partition coefficient (Wildman–Crippen LogP) is 1.43. The van der Waals surface area contributed by atoms with E-state index in [2.05, 4.69) is 26.1 Å². The van der Waals surface area contributed by atoms with E-state index in [0.29, 0.717) is 5.82 Å². The number of hydrogen-bond acceptors (Lipinski definition) is 3. The molecule has 0 aliphatic heterocycles. The quantitative estimate of drug-likeness (QED) is 0.917. The molecule has 0 unspecified atom stereocenters. The smallest absolute Gasteiger partial charge is 0.148 e. The van der Waals surface area contributed by atoms with Crippen molar-refractivity contribution < 1.29 is 0 Å². The summed E-state index contributed by atoms with van der Waals surface area (Å²) in [6.07, 6.45) is 5.64. The Morgan fingerprint density at radius 3 is 2.60 bits per heavy atom. The molecule has 6 heteroatoms. The molecule has 80 valence electrons. The third kappa shape index (κ3) is 2.38. The van der Waals surface area contributed by atoms with Gasteiger partial charge < -0.3 is 5.73 Å². The summed E-state index contributed by atoms with van der Waals surface area (Å²) in [6.45, 7) is 3.50. The van der Waals surface area contributed by atoms with Gasteiger partial charge in [0.2, 0.25) is 0 Å². The normalized spacial score (nSPS) is 10.8. The maximum absolute atomic E-state index is 5.65. The van der Waals surface area contributed by atoms with E-state index in [0.717, 1.165) is 23.1 Å². The number of rotatable bonds is 3. The van der Waals surface area contributed by atoms with Gasteiger partial charge >= 0.3 is 0 Å². The third-order valence-corrected chi connectivity index (χ3v) is 2.55. The van der Waals surface area contributed by atoms with Crippen molar-refractivity contribution in [1.82, 2.24) is 19.6 Å². The van der Waals surface area contributed by atoms with E-state index in [4.69, 9.17) is 5.73 Å². The van der Waals surface area contributed by atoms with Gasteiger partial charge in [-0.05, 0) is 22.9 Å². The second-order valence-electron chi connectivity index (χ2n) is 3.38. The van der Waals surface area contributed by atoms with E-state index >= 15 is 0 Å². The lowest BCUT2D eigenvalue weighted by Gasteiger charge is -2.01. The first-order chi connectivity index (χ1) is 7.15. The fourth-order valence-electron chi connectivity index (χ4n) is 1.32. The van der Waals surface area contributed by atoms with Gasteiger partial charge in [-0.3, -0.25) is 9.36 Å². The van der Waals surface area contributed by atoms with Crippen LogP contribution >= 0.6 is 15.9 Å². The molecule has 0 bridgehead atoms. The van der Waals surface area contributed by atoms with E-state index in [1.54, 1.807) is 6.20 Å².